The van der Waals surface area contributed by atoms with Crippen molar-refractivity contribution in [2.45, 2.75) is 32.6 Å². The average molecular weight is 601 g/mol. The Morgan fingerprint density at radius 3 is 2.12 bits per heavy atom. The van der Waals surface area contributed by atoms with Crippen LogP contribution in [0.2, 0.25) is 0 Å². The van der Waals surface area contributed by atoms with Gasteiger partial charge in [0.2, 0.25) is 0 Å². The molecule has 43 heavy (non-hydrogen) atoms. The van der Waals surface area contributed by atoms with E-state index in [0.29, 0.717) is 24.5 Å². The van der Waals surface area contributed by atoms with Gasteiger partial charge in [-0.2, -0.15) is 0 Å². The largest absolute Gasteiger partial charge is 0.368 e. The quantitative estimate of drug-likeness (QED) is 0.215. The fourth-order valence-corrected chi connectivity index (χ4v) is 5.75. The van der Waals surface area contributed by atoms with Gasteiger partial charge in [0.05, 0.1) is 4.92 Å². The Hall–Kier alpha value is -4.51. The van der Waals surface area contributed by atoms with Crippen molar-refractivity contribution < 1.29 is 14.5 Å². The number of hydrogen-bond acceptors (Lipinski definition) is 7. The molecule has 0 aromatic heterocycles. The summed E-state index contributed by atoms with van der Waals surface area (Å²) in [4.78, 5) is 43.2. The molecular formula is C32H36N6O4S. The summed E-state index contributed by atoms with van der Waals surface area (Å²) in [5, 5.41) is 17.5. The van der Waals surface area contributed by atoms with Crippen molar-refractivity contribution >= 4 is 51.9 Å². The number of piperidine rings is 1. The van der Waals surface area contributed by atoms with Gasteiger partial charge in [0.15, 0.2) is 5.11 Å². The number of carbonyl (C=O) groups excluding carboxylic acids is 2. The van der Waals surface area contributed by atoms with Crippen LogP contribution in [-0.4, -0.2) is 66.0 Å². The Labute approximate surface area is 256 Å². The van der Waals surface area contributed by atoms with E-state index in [9.17, 15) is 19.7 Å². The lowest BCUT2D eigenvalue weighted by Gasteiger charge is -2.36. The molecule has 3 aromatic rings. The Bertz CT molecular complexity index is 1480. The molecule has 10 nitrogen and oxygen atoms in total. The Morgan fingerprint density at radius 1 is 0.837 bits per heavy atom. The van der Waals surface area contributed by atoms with Crippen LogP contribution in [-0.2, 0) is 6.42 Å². The smallest absolute Gasteiger partial charge is 0.293 e. The highest BCUT2D eigenvalue weighted by atomic mass is 32.1. The summed E-state index contributed by atoms with van der Waals surface area (Å²) >= 11 is 5.34. The molecule has 0 saturated carbocycles. The van der Waals surface area contributed by atoms with E-state index < -0.39 is 10.8 Å². The average Bonchev–Trinajstić information content (AvgIpc) is 3.05. The molecule has 2 fully saturated rings. The number of anilines is 3. The van der Waals surface area contributed by atoms with Crippen LogP contribution in [0.4, 0.5) is 22.7 Å². The number of nitro groups is 1. The van der Waals surface area contributed by atoms with Crippen LogP contribution in [0.15, 0.2) is 66.7 Å². The number of rotatable bonds is 7. The van der Waals surface area contributed by atoms with Gasteiger partial charge in [-0.3, -0.25) is 25.0 Å². The van der Waals surface area contributed by atoms with E-state index in [0.717, 1.165) is 63.1 Å². The zero-order valence-electron chi connectivity index (χ0n) is 24.3. The van der Waals surface area contributed by atoms with Gasteiger partial charge in [-0.25, -0.2) is 0 Å². The molecule has 2 N–H and O–H groups in total. The number of carbonyl (C=O) groups is 2. The summed E-state index contributed by atoms with van der Waals surface area (Å²) < 4.78 is 0. The number of nitrogens with zero attached hydrogens (tertiary/aromatic N) is 4. The van der Waals surface area contributed by atoms with Crippen molar-refractivity contribution in [2.24, 2.45) is 0 Å². The lowest BCUT2D eigenvalue weighted by molar-refractivity contribution is -0.384. The van der Waals surface area contributed by atoms with Gasteiger partial charge in [-0.15, -0.1) is 0 Å². The molecule has 0 bridgehead atoms. The number of amides is 2. The predicted octanol–water partition coefficient (Wildman–Crippen LogP) is 5.24. The molecule has 2 aliphatic rings. The molecule has 0 spiro atoms. The maximum Gasteiger partial charge on any atom is 0.293 e. The fraction of sp³-hybridized carbons (Fsp3) is 0.344. The number of piperazine rings is 1. The Kier molecular flexibility index (Phi) is 9.51. The summed E-state index contributed by atoms with van der Waals surface area (Å²) in [6, 6.07) is 20.1. The minimum Gasteiger partial charge on any atom is -0.368 e. The topological polar surface area (TPSA) is 111 Å². The Balaban J connectivity index is 1.13. The van der Waals surface area contributed by atoms with Crippen LogP contribution in [0.3, 0.4) is 0 Å². The van der Waals surface area contributed by atoms with Crippen LogP contribution in [0.25, 0.3) is 0 Å². The Morgan fingerprint density at radius 2 is 1.49 bits per heavy atom. The molecule has 5 rings (SSSR count). The molecule has 0 atom stereocenters. The van der Waals surface area contributed by atoms with Gasteiger partial charge in [0, 0.05) is 67.8 Å². The maximum absolute atomic E-state index is 12.9. The third kappa shape index (κ3) is 7.29. The highest BCUT2D eigenvalue weighted by molar-refractivity contribution is 7.80. The summed E-state index contributed by atoms with van der Waals surface area (Å²) in [5.41, 5.74) is 4.29. The lowest BCUT2D eigenvalue weighted by Crippen LogP contribution is -2.48. The minimum absolute atomic E-state index is 0.0601. The summed E-state index contributed by atoms with van der Waals surface area (Å²) in [6.07, 6.45) is 4.05. The summed E-state index contributed by atoms with van der Waals surface area (Å²) in [6.45, 7) is 6.36. The number of benzene rings is 3. The third-order valence-corrected chi connectivity index (χ3v) is 8.23. The zero-order valence-corrected chi connectivity index (χ0v) is 25.1. The standard InChI is InChI=1S/C32H36N6O4S/c1-2-23-6-8-24(9-7-23)31(40)37-20-18-35(19-21-37)27-13-11-26(12-14-27)33-32(43)34-30(39)25-10-15-28(29(22-25)38(41)42)36-16-4-3-5-17-36/h6-15,22H,2-5,16-21H2,1H3,(H2,33,34,39,43). The molecular weight excluding hydrogens is 564 g/mol. The van der Waals surface area contributed by atoms with E-state index >= 15 is 0 Å². The second-order valence-corrected chi connectivity index (χ2v) is 11.2. The molecule has 2 aliphatic heterocycles. The monoisotopic (exact) mass is 600 g/mol. The van der Waals surface area contributed by atoms with Crippen molar-refractivity contribution in [3.63, 3.8) is 0 Å². The molecule has 0 unspecified atom stereocenters. The number of aryl methyl sites for hydroxylation is 1. The van der Waals surface area contributed by atoms with E-state index in [2.05, 4.69) is 22.5 Å². The minimum atomic E-state index is -0.517. The number of thiocarbonyl (C=S) groups is 1. The maximum atomic E-state index is 12.9. The highest BCUT2D eigenvalue weighted by Gasteiger charge is 2.24. The van der Waals surface area contributed by atoms with Gasteiger partial charge in [-0.05, 0) is 92.0 Å². The second kappa shape index (κ2) is 13.6. The van der Waals surface area contributed by atoms with Gasteiger partial charge in [0.25, 0.3) is 17.5 Å². The van der Waals surface area contributed by atoms with Crippen LogP contribution in [0, 0.1) is 10.1 Å². The third-order valence-electron chi connectivity index (χ3n) is 8.02. The van der Waals surface area contributed by atoms with Gasteiger partial charge >= 0.3 is 0 Å². The van der Waals surface area contributed by atoms with Crippen molar-refractivity contribution in [1.29, 1.82) is 0 Å². The van der Waals surface area contributed by atoms with Crippen LogP contribution in [0.5, 0.6) is 0 Å². The van der Waals surface area contributed by atoms with E-state index in [1.165, 1.54) is 11.6 Å². The molecule has 2 heterocycles. The predicted molar refractivity (Wildman–Crippen MR) is 173 cm³/mol. The number of hydrogen-bond donors (Lipinski definition) is 2. The lowest BCUT2D eigenvalue weighted by atomic mass is 10.1. The first-order chi connectivity index (χ1) is 20.8. The van der Waals surface area contributed by atoms with Crippen LogP contribution < -0.4 is 20.4 Å². The van der Waals surface area contributed by atoms with Crippen molar-refractivity contribution in [1.82, 2.24) is 10.2 Å². The molecule has 3 aromatic carbocycles. The van der Waals surface area contributed by atoms with Crippen LogP contribution in [0.1, 0.15) is 52.5 Å². The zero-order chi connectivity index (χ0) is 30.3. The van der Waals surface area contributed by atoms with Gasteiger partial charge in [-0.1, -0.05) is 19.1 Å². The highest BCUT2D eigenvalue weighted by Crippen LogP contribution is 2.31. The summed E-state index contributed by atoms with van der Waals surface area (Å²) in [7, 11) is 0. The molecule has 0 radical (unpaired) electrons. The van der Waals surface area contributed by atoms with Gasteiger partial charge in [0.1, 0.15) is 5.69 Å². The molecule has 11 heteroatoms. The normalized spacial score (nSPS) is 15.1. The van der Waals surface area contributed by atoms with E-state index in [1.807, 2.05) is 58.3 Å². The molecule has 0 aliphatic carbocycles. The summed E-state index contributed by atoms with van der Waals surface area (Å²) in [5.74, 6) is -0.457. The van der Waals surface area contributed by atoms with Crippen molar-refractivity contribution in [3.05, 3.63) is 93.5 Å². The van der Waals surface area contributed by atoms with Crippen molar-refractivity contribution in [3.8, 4) is 0 Å². The van der Waals surface area contributed by atoms with E-state index in [4.69, 9.17) is 12.2 Å². The second-order valence-electron chi connectivity index (χ2n) is 10.8. The SMILES string of the molecule is CCc1ccc(C(=O)N2CCN(c3ccc(NC(=S)NC(=O)c4ccc(N5CCCCC5)c([N+](=O)[O-])c4)cc3)CC2)cc1. The molecule has 224 valence electrons. The number of nitro benzene ring substituents is 1. The first-order valence-electron chi connectivity index (χ1n) is 14.7. The fourth-order valence-electron chi connectivity index (χ4n) is 5.54. The first kappa shape index (κ1) is 30.0. The van der Waals surface area contributed by atoms with E-state index in [-0.39, 0.29) is 22.3 Å². The molecule has 2 saturated heterocycles. The number of nitrogens with one attached hydrogen (secondary N) is 2. The van der Waals surface area contributed by atoms with Crippen molar-refractivity contribution in [2.75, 3.05) is 54.4 Å². The van der Waals surface area contributed by atoms with Crippen LogP contribution >= 0.6 is 12.2 Å². The van der Waals surface area contributed by atoms with E-state index in [1.54, 1.807) is 12.1 Å². The van der Waals surface area contributed by atoms with Gasteiger partial charge < -0.3 is 20.0 Å². The first-order valence-corrected chi connectivity index (χ1v) is 15.1. The molecule has 2 amide bonds.